The van der Waals surface area contributed by atoms with Gasteiger partial charge in [0.2, 0.25) is 0 Å². The Morgan fingerprint density at radius 3 is 2.48 bits per heavy atom. The SMILES string of the molecule is CC1(CNC(=O)c2cc(F)cc(S(=O)(=O)Cl)c2F)CCC1. The number of carbonyl (C=O) groups excluding carboxylic acids is 1. The summed E-state index contributed by atoms with van der Waals surface area (Å²) in [5.41, 5.74) is -0.710. The number of hydrogen-bond acceptors (Lipinski definition) is 3. The van der Waals surface area contributed by atoms with Crippen LogP contribution in [0.25, 0.3) is 0 Å². The molecule has 2 rings (SSSR count). The van der Waals surface area contributed by atoms with E-state index < -0.39 is 37.1 Å². The number of nitrogens with one attached hydrogen (secondary N) is 1. The minimum Gasteiger partial charge on any atom is -0.351 e. The van der Waals surface area contributed by atoms with Gasteiger partial charge in [0.15, 0.2) is 5.82 Å². The van der Waals surface area contributed by atoms with Gasteiger partial charge in [0.05, 0.1) is 5.56 Å². The summed E-state index contributed by atoms with van der Waals surface area (Å²) in [6, 6.07) is 1.10. The van der Waals surface area contributed by atoms with E-state index in [0.717, 1.165) is 19.3 Å². The third-order valence-corrected chi connectivity index (χ3v) is 5.07. The Morgan fingerprint density at radius 2 is 2.00 bits per heavy atom. The van der Waals surface area contributed by atoms with E-state index in [9.17, 15) is 22.0 Å². The summed E-state index contributed by atoms with van der Waals surface area (Å²) in [6.07, 6.45) is 2.95. The molecule has 1 amide bonds. The van der Waals surface area contributed by atoms with Gasteiger partial charge in [0.1, 0.15) is 10.7 Å². The van der Waals surface area contributed by atoms with Gasteiger partial charge in [-0.25, -0.2) is 17.2 Å². The molecule has 1 aromatic carbocycles. The molecule has 0 unspecified atom stereocenters. The Labute approximate surface area is 125 Å². The summed E-state index contributed by atoms with van der Waals surface area (Å²) in [7, 11) is 0.556. The van der Waals surface area contributed by atoms with Crippen molar-refractivity contribution in [2.24, 2.45) is 5.41 Å². The zero-order valence-electron chi connectivity index (χ0n) is 11.3. The van der Waals surface area contributed by atoms with E-state index in [-0.39, 0.29) is 5.41 Å². The summed E-state index contributed by atoms with van der Waals surface area (Å²) < 4.78 is 49.8. The molecule has 0 saturated heterocycles. The fourth-order valence-corrected chi connectivity index (χ4v) is 3.17. The van der Waals surface area contributed by atoms with Crippen molar-refractivity contribution < 1.29 is 22.0 Å². The van der Waals surface area contributed by atoms with Crippen molar-refractivity contribution in [1.29, 1.82) is 0 Å². The van der Waals surface area contributed by atoms with Crippen LogP contribution in [-0.4, -0.2) is 20.9 Å². The van der Waals surface area contributed by atoms with Crippen molar-refractivity contribution in [1.82, 2.24) is 5.32 Å². The molecule has 1 saturated carbocycles. The second kappa shape index (κ2) is 5.53. The molecule has 0 aromatic heterocycles. The molecule has 1 aliphatic carbocycles. The van der Waals surface area contributed by atoms with E-state index >= 15 is 0 Å². The van der Waals surface area contributed by atoms with Gasteiger partial charge in [-0.15, -0.1) is 0 Å². The molecule has 1 aromatic rings. The molecule has 4 nitrogen and oxygen atoms in total. The van der Waals surface area contributed by atoms with Crippen LogP contribution in [0.15, 0.2) is 17.0 Å². The van der Waals surface area contributed by atoms with Crippen molar-refractivity contribution in [3.8, 4) is 0 Å². The van der Waals surface area contributed by atoms with Crippen LogP contribution >= 0.6 is 10.7 Å². The normalized spacial score (nSPS) is 17.1. The summed E-state index contributed by atoms with van der Waals surface area (Å²) >= 11 is 0. The maximum atomic E-state index is 14.0. The van der Waals surface area contributed by atoms with Crippen LogP contribution in [-0.2, 0) is 9.05 Å². The Bertz CT molecular complexity index is 687. The van der Waals surface area contributed by atoms with Crippen LogP contribution in [0.3, 0.4) is 0 Å². The number of amides is 1. The van der Waals surface area contributed by atoms with Gasteiger partial charge in [-0.1, -0.05) is 13.3 Å². The van der Waals surface area contributed by atoms with Crippen molar-refractivity contribution >= 4 is 25.6 Å². The van der Waals surface area contributed by atoms with Crippen LogP contribution in [0, 0.1) is 17.0 Å². The molecular weight excluding hydrogens is 324 g/mol. The quantitative estimate of drug-likeness (QED) is 0.859. The second-order valence-corrected chi connectivity index (χ2v) is 8.08. The van der Waals surface area contributed by atoms with Crippen LogP contribution < -0.4 is 5.32 Å². The van der Waals surface area contributed by atoms with Gasteiger partial charge in [-0.2, -0.15) is 0 Å². The van der Waals surface area contributed by atoms with Gasteiger partial charge < -0.3 is 5.32 Å². The molecule has 1 aliphatic rings. The fraction of sp³-hybridized carbons (Fsp3) is 0.462. The second-order valence-electron chi connectivity index (χ2n) is 5.55. The monoisotopic (exact) mass is 337 g/mol. The number of carbonyl (C=O) groups is 1. The van der Waals surface area contributed by atoms with Crippen LogP contribution in [0.5, 0.6) is 0 Å². The molecule has 116 valence electrons. The Morgan fingerprint density at radius 1 is 1.38 bits per heavy atom. The van der Waals surface area contributed by atoms with Gasteiger partial charge in [0, 0.05) is 17.2 Å². The zero-order valence-corrected chi connectivity index (χ0v) is 12.8. The van der Waals surface area contributed by atoms with E-state index in [1.807, 2.05) is 6.92 Å². The first-order chi connectivity index (χ1) is 9.62. The molecule has 0 bridgehead atoms. The highest BCUT2D eigenvalue weighted by Gasteiger charge is 2.32. The van der Waals surface area contributed by atoms with Gasteiger partial charge in [0.25, 0.3) is 15.0 Å². The number of halogens is 3. The predicted molar refractivity (Wildman–Crippen MR) is 73.7 cm³/mol. The third-order valence-electron chi connectivity index (χ3n) is 3.75. The Balaban J connectivity index is 2.26. The lowest BCUT2D eigenvalue weighted by atomic mass is 9.70. The molecule has 0 atom stereocenters. The van der Waals surface area contributed by atoms with Crippen LogP contribution in [0.4, 0.5) is 8.78 Å². The van der Waals surface area contributed by atoms with E-state index in [1.54, 1.807) is 0 Å². The Kier molecular flexibility index (Phi) is 4.26. The standard InChI is InChI=1S/C13H14ClF2NO3S/c1-13(3-2-4-13)7-17-12(18)9-5-8(15)6-10(11(9)16)21(14,19)20/h5-6H,2-4,7H2,1H3,(H,17,18). The smallest absolute Gasteiger partial charge is 0.264 e. The first kappa shape index (κ1) is 16.2. The van der Waals surface area contributed by atoms with Crippen molar-refractivity contribution in [2.75, 3.05) is 6.54 Å². The van der Waals surface area contributed by atoms with Crippen LogP contribution in [0.1, 0.15) is 36.5 Å². The van der Waals surface area contributed by atoms with E-state index in [4.69, 9.17) is 10.7 Å². The molecule has 0 radical (unpaired) electrons. The number of hydrogen-bond donors (Lipinski definition) is 1. The summed E-state index contributed by atoms with van der Waals surface area (Å²) in [4.78, 5) is 10.9. The average molecular weight is 338 g/mol. The summed E-state index contributed by atoms with van der Waals surface area (Å²) in [5, 5.41) is 2.50. The molecule has 0 spiro atoms. The highest BCUT2D eigenvalue weighted by atomic mass is 35.7. The Hall–Kier alpha value is -1.21. The molecular formula is C13H14ClF2NO3S. The maximum absolute atomic E-state index is 14.0. The highest BCUT2D eigenvalue weighted by Crippen LogP contribution is 2.39. The van der Waals surface area contributed by atoms with E-state index in [2.05, 4.69) is 5.32 Å². The van der Waals surface area contributed by atoms with E-state index in [1.165, 1.54) is 0 Å². The minimum absolute atomic E-state index is 0.0408. The molecule has 1 fully saturated rings. The zero-order chi connectivity index (χ0) is 15.8. The summed E-state index contributed by atoms with van der Waals surface area (Å²) in [6.45, 7) is 2.30. The minimum atomic E-state index is -4.47. The van der Waals surface area contributed by atoms with Gasteiger partial charge in [-0.3, -0.25) is 4.79 Å². The number of rotatable bonds is 4. The molecule has 1 N–H and O–H groups in total. The molecule has 0 heterocycles. The highest BCUT2D eigenvalue weighted by molar-refractivity contribution is 8.13. The third kappa shape index (κ3) is 3.52. The first-order valence-corrected chi connectivity index (χ1v) is 8.65. The summed E-state index contributed by atoms with van der Waals surface area (Å²) in [5.74, 6) is -3.25. The number of benzene rings is 1. The van der Waals surface area contributed by atoms with Crippen molar-refractivity contribution in [3.05, 3.63) is 29.3 Å². The maximum Gasteiger partial charge on any atom is 0.264 e. The molecule has 0 aliphatic heterocycles. The van der Waals surface area contributed by atoms with E-state index in [0.29, 0.717) is 18.7 Å². The van der Waals surface area contributed by atoms with Crippen molar-refractivity contribution in [3.63, 3.8) is 0 Å². The lowest BCUT2D eigenvalue weighted by Gasteiger charge is -2.38. The van der Waals surface area contributed by atoms with Crippen LogP contribution in [0.2, 0.25) is 0 Å². The molecule has 21 heavy (non-hydrogen) atoms. The fourth-order valence-electron chi connectivity index (χ4n) is 2.25. The largest absolute Gasteiger partial charge is 0.351 e. The van der Waals surface area contributed by atoms with Gasteiger partial charge in [-0.05, 0) is 30.4 Å². The lowest BCUT2D eigenvalue weighted by Crippen LogP contribution is -2.40. The first-order valence-electron chi connectivity index (χ1n) is 6.34. The van der Waals surface area contributed by atoms with Crippen molar-refractivity contribution in [2.45, 2.75) is 31.1 Å². The van der Waals surface area contributed by atoms with Gasteiger partial charge >= 0.3 is 0 Å². The predicted octanol–water partition coefficient (Wildman–Crippen LogP) is 2.81. The molecule has 8 heteroatoms. The lowest BCUT2D eigenvalue weighted by molar-refractivity contribution is 0.0885. The topological polar surface area (TPSA) is 63.2 Å². The average Bonchev–Trinajstić information content (AvgIpc) is 2.34.